The Hall–Kier alpha value is -2.69. The molecule has 1 aliphatic carbocycles. The molecule has 1 aliphatic heterocycles. The van der Waals surface area contributed by atoms with Gasteiger partial charge in [0.2, 0.25) is 0 Å². The van der Waals surface area contributed by atoms with Gasteiger partial charge in [-0.25, -0.2) is 0 Å². The first kappa shape index (κ1) is 16.5. The topological polar surface area (TPSA) is 46.2 Å². The fourth-order valence-electron chi connectivity index (χ4n) is 4.47. The molecule has 3 aromatic rings. The van der Waals surface area contributed by atoms with E-state index in [0.717, 1.165) is 43.7 Å². The largest absolute Gasteiger partial charge is 0.464 e. The molecule has 5 nitrogen and oxygen atoms in total. The fourth-order valence-corrected chi connectivity index (χ4v) is 4.47. The first-order chi connectivity index (χ1) is 13.3. The molecule has 1 fully saturated rings. The average Bonchev–Trinajstić information content (AvgIpc) is 3.43. The number of hydrogen-bond acceptors (Lipinski definition) is 4. The molecule has 0 amide bonds. The van der Waals surface area contributed by atoms with Crippen LogP contribution in [0.15, 0.2) is 47.1 Å². The standard InChI is InChI=1S/C22H26N4O/c1-25-22(19-7-3-8-20(19)24-25)23-17-10-12-26(13-11-17)18-6-2-5-16(15-18)21-9-4-14-27-21/h2,4-6,9,14-15,17,23H,3,7-8,10-13H2,1H3. The number of hydrogen-bond donors (Lipinski definition) is 1. The number of rotatable bonds is 4. The molecule has 140 valence electrons. The summed E-state index contributed by atoms with van der Waals surface area (Å²) in [5, 5.41) is 8.48. The zero-order valence-corrected chi connectivity index (χ0v) is 15.8. The number of fused-ring (bicyclic) bond motifs is 1. The number of aromatic nitrogens is 2. The van der Waals surface area contributed by atoms with E-state index in [0.29, 0.717) is 6.04 Å². The molecule has 2 aromatic heterocycles. The minimum absolute atomic E-state index is 0.523. The number of nitrogens with one attached hydrogen (secondary N) is 1. The molecule has 0 radical (unpaired) electrons. The summed E-state index contributed by atoms with van der Waals surface area (Å²) in [6.07, 6.45) is 7.57. The zero-order chi connectivity index (χ0) is 18.2. The Labute approximate surface area is 160 Å². The average molecular weight is 362 g/mol. The Kier molecular flexibility index (Phi) is 4.15. The van der Waals surface area contributed by atoms with Crippen molar-refractivity contribution in [1.29, 1.82) is 0 Å². The monoisotopic (exact) mass is 362 g/mol. The van der Waals surface area contributed by atoms with Crippen molar-refractivity contribution in [2.75, 3.05) is 23.3 Å². The number of piperidine rings is 1. The lowest BCUT2D eigenvalue weighted by Crippen LogP contribution is -2.39. The highest BCUT2D eigenvalue weighted by atomic mass is 16.3. The molecule has 1 saturated heterocycles. The lowest BCUT2D eigenvalue weighted by molar-refractivity contribution is 0.521. The maximum absolute atomic E-state index is 5.55. The first-order valence-electron chi connectivity index (χ1n) is 9.98. The van der Waals surface area contributed by atoms with Crippen LogP contribution in [0, 0.1) is 0 Å². The van der Waals surface area contributed by atoms with Gasteiger partial charge < -0.3 is 14.6 Å². The number of furan rings is 1. The number of anilines is 2. The molecule has 27 heavy (non-hydrogen) atoms. The van der Waals surface area contributed by atoms with Gasteiger partial charge in [-0.2, -0.15) is 5.10 Å². The van der Waals surface area contributed by atoms with Gasteiger partial charge >= 0.3 is 0 Å². The molecule has 5 heteroatoms. The van der Waals surface area contributed by atoms with E-state index >= 15 is 0 Å². The van der Waals surface area contributed by atoms with Gasteiger partial charge in [0.15, 0.2) is 0 Å². The SMILES string of the molecule is Cn1nc2c(c1NC1CCN(c3cccc(-c4ccco4)c3)CC1)CCC2. The fraction of sp³-hybridized carbons (Fsp3) is 0.409. The van der Waals surface area contributed by atoms with Gasteiger partial charge in [0.05, 0.1) is 12.0 Å². The highest BCUT2D eigenvalue weighted by molar-refractivity contribution is 5.64. The predicted octanol–water partition coefficient (Wildman–Crippen LogP) is 4.25. The molecule has 0 bridgehead atoms. The maximum Gasteiger partial charge on any atom is 0.133 e. The minimum atomic E-state index is 0.523. The van der Waals surface area contributed by atoms with E-state index in [-0.39, 0.29) is 0 Å². The number of nitrogens with zero attached hydrogens (tertiary/aromatic N) is 3. The van der Waals surface area contributed by atoms with Crippen LogP contribution in [0.3, 0.4) is 0 Å². The molecule has 2 aliphatic rings. The van der Waals surface area contributed by atoms with E-state index in [1.165, 1.54) is 35.6 Å². The third-order valence-electron chi connectivity index (χ3n) is 5.92. The second-order valence-corrected chi connectivity index (χ2v) is 7.68. The molecule has 1 N–H and O–H groups in total. The summed E-state index contributed by atoms with van der Waals surface area (Å²) in [5.74, 6) is 2.18. The van der Waals surface area contributed by atoms with E-state index in [9.17, 15) is 0 Å². The quantitative estimate of drug-likeness (QED) is 0.754. The second-order valence-electron chi connectivity index (χ2n) is 7.68. The lowest BCUT2D eigenvalue weighted by Gasteiger charge is -2.34. The van der Waals surface area contributed by atoms with Crippen LogP contribution >= 0.6 is 0 Å². The molecule has 0 unspecified atom stereocenters. The van der Waals surface area contributed by atoms with Crippen molar-refractivity contribution in [3.05, 3.63) is 53.9 Å². The summed E-state index contributed by atoms with van der Waals surface area (Å²) in [7, 11) is 2.07. The first-order valence-corrected chi connectivity index (χ1v) is 9.98. The molecular formula is C22H26N4O. The predicted molar refractivity (Wildman–Crippen MR) is 108 cm³/mol. The highest BCUT2D eigenvalue weighted by Crippen LogP contribution is 2.31. The Morgan fingerprint density at radius 2 is 2.00 bits per heavy atom. The van der Waals surface area contributed by atoms with Crippen LogP contribution in [0.25, 0.3) is 11.3 Å². The van der Waals surface area contributed by atoms with Gasteiger partial charge in [-0.15, -0.1) is 0 Å². The van der Waals surface area contributed by atoms with Crippen molar-refractivity contribution in [3.63, 3.8) is 0 Å². The molecule has 0 atom stereocenters. The number of aryl methyl sites for hydroxylation is 2. The molecule has 0 spiro atoms. The van der Waals surface area contributed by atoms with Crippen molar-refractivity contribution < 1.29 is 4.42 Å². The third-order valence-corrected chi connectivity index (χ3v) is 5.92. The van der Waals surface area contributed by atoms with Crippen LogP contribution in [-0.4, -0.2) is 28.9 Å². The molecule has 3 heterocycles. The van der Waals surface area contributed by atoms with E-state index in [2.05, 4.69) is 46.6 Å². The second kappa shape index (κ2) is 6.80. The summed E-state index contributed by atoms with van der Waals surface area (Å²) in [5.41, 5.74) is 5.17. The van der Waals surface area contributed by atoms with E-state index < -0.39 is 0 Å². The minimum Gasteiger partial charge on any atom is -0.464 e. The Morgan fingerprint density at radius 3 is 2.81 bits per heavy atom. The Balaban J connectivity index is 1.25. The zero-order valence-electron chi connectivity index (χ0n) is 15.8. The van der Waals surface area contributed by atoms with Crippen molar-refractivity contribution in [3.8, 4) is 11.3 Å². The normalized spacial score (nSPS) is 17.3. The molecular weight excluding hydrogens is 336 g/mol. The van der Waals surface area contributed by atoms with Crippen LogP contribution in [0.5, 0.6) is 0 Å². The number of benzene rings is 1. The lowest BCUT2D eigenvalue weighted by atomic mass is 10.0. The summed E-state index contributed by atoms with van der Waals surface area (Å²) in [6, 6.07) is 13.1. The summed E-state index contributed by atoms with van der Waals surface area (Å²) < 4.78 is 7.59. The maximum atomic E-state index is 5.55. The third kappa shape index (κ3) is 3.11. The summed E-state index contributed by atoms with van der Waals surface area (Å²) in [4.78, 5) is 2.48. The molecule has 0 saturated carbocycles. The van der Waals surface area contributed by atoms with Crippen LogP contribution in [0.4, 0.5) is 11.5 Å². The molecule has 5 rings (SSSR count). The van der Waals surface area contributed by atoms with Gasteiger partial charge in [0, 0.05) is 43.0 Å². The van der Waals surface area contributed by atoms with Crippen LogP contribution in [-0.2, 0) is 19.9 Å². The van der Waals surface area contributed by atoms with Gasteiger partial charge in [-0.05, 0) is 56.4 Å². The van der Waals surface area contributed by atoms with E-state index in [1.807, 2.05) is 16.8 Å². The van der Waals surface area contributed by atoms with Crippen molar-refractivity contribution in [2.24, 2.45) is 7.05 Å². The van der Waals surface area contributed by atoms with E-state index in [1.54, 1.807) is 6.26 Å². The van der Waals surface area contributed by atoms with E-state index in [4.69, 9.17) is 4.42 Å². The van der Waals surface area contributed by atoms with Gasteiger partial charge in [-0.3, -0.25) is 4.68 Å². The van der Waals surface area contributed by atoms with Crippen LogP contribution in [0.2, 0.25) is 0 Å². The Morgan fingerprint density at radius 1 is 1.11 bits per heavy atom. The van der Waals surface area contributed by atoms with Crippen LogP contribution < -0.4 is 10.2 Å². The van der Waals surface area contributed by atoms with Crippen molar-refractivity contribution in [2.45, 2.75) is 38.1 Å². The van der Waals surface area contributed by atoms with Crippen molar-refractivity contribution in [1.82, 2.24) is 9.78 Å². The van der Waals surface area contributed by atoms with Crippen molar-refractivity contribution >= 4 is 11.5 Å². The smallest absolute Gasteiger partial charge is 0.133 e. The summed E-state index contributed by atoms with van der Waals surface area (Å²) in [6.45, 7) is 2.14. The molecule has 1 aromatic carbocycles. The van der Waals surface area contributed by atoms with Gasteiger partial charge in [0.25, 0.3) is 0 Å². The van der Waals surface area contributed by atoms with Crippen LogP contribution in [0.1, 0.15) is 30.5 Å². The highest BCUT2D eigenvalue weighted by Gasteiger charge is 2.25. The van der Waals surface area contributed by atoms with Gasteiger partial charge in [-0.1, -0.05) is 12.1 Å². The Bertz CT molecular complexity index is 920. The summed E-state index contributed by atoms with van der Waals surface area (Å²) >= 11 is 0. The van der Waals surface area contributed by atoms with Gasteiger partial charge in [0.1, 0.15) is 11.6 Å².